The molecule has 2 heterocycles. The van der Waals surface area contributed by atoms with Crippen LogP contribution in [0.15, 0.2) is 21.3 Å². The second-order valence-electron chi connectivity index (χ2n) is 4.42. The SMILES string of the molecule is COCCc1noc([C@@H](C)NC(=O)c2occc2C)n1. The molecule has 2 aromatic heterocycles. The number of methoxy groups -OCH3 is 1. The van der Waals surface area contributed by atoms with Crippen LogP contribution in [0, 0.1) is 6.92 Å². The zero-order valence-corrected chi connectivity index (χ0v) is 11.7. The van der Waals surface area contributed by atoms with Crippen molar-refractivity contribution < 1.29 is 18.5 Å². The molecule has 0 aliphatic rings. The maximum absolute atomic E-state index is 12.0. The molecule has 0 aliphatic heterocycles. The molecule has 0 fully saturated rings. The smallest absolute Gasteiger partial charge is 0.287 e. The molecular weight excluding hydrogens is 262 g/mol. The highest BCUT2D eigenvalue weighted by molar-refractivity contribution is 5.92. The minimum Gasteiger partial charge on any atom is -0.459 e. The maximum atomic E-state index is 12.0. The minimum absolute atomic E-state index is 0.288. The molecule has 108 valence electrons. The lowest BCUT2D eigenvalue weighted by atomic mass is 10.2. The van der Waals surface area contributed by atoms with Crippen LogP contribution in [-0.4, -0.2) is 29.8 Å². The van der Waals surface area contributed by atoms with Crippen LogP contribution in [0.4, 0.5) is 0 Å². The number of hydrogen-bond acceptors (Lipinski definition) is 6. The zero-order chi connectivity index (χ0) is 14.5. The molecule has 7 heteroatoms. The van der Waals surface area contributed by atoms with Gasteiger partial charge in [-0.25, -0.2) is 0 Å². The molecule has 0 saturated carbocycles. The van der Waals surface area contributed by atoms with Crippen molar-refractivity contribution in [1.82, 2.24) is 15.5 Å². The van der Waals surface area contributed by atoms with Crippen molar-refractivity contribution in [2.75, 3.05) is 13.7 Å². The lowest BCUT2D eigenvalue weighted by Gasteiger charge is -2.08. The number of aromatic nitrogens is 2. The molecule has 0 aliphatic carbocycles. The van der Waals surface area contributed by atoms with Crippen LogP contribution in [0.2, 0.25) is 0 Å². The lowest BCUT2D eigenvalue weighted by molar-refractivity contribution is 0.0903. The fourth-order valence-corrected chi connectivity index (χ4v) is 1.67. The first kappa shape index (κ1) is 14.3. The van der Waals surface area contributed by atoms with Gasteiger partial charge in [0.05, 0.1) is 12.9 Å². The molecule has 0 unspecified atom stereocenters. The van der Waals surface area contributed by atoms with Crippen molar-refractivity contribution in [3.63, 3.8) is 0 Å². The summed E-state index contributed by atoms with van der Waals surface area (Å²) < 4.78 is 15.2. The molecule has 1 amide bonds. The standard InChI is InChI=1S/C13H17N3O4/c1-8-4-7-19-11(8)12(17)14-9(2)13-15-10(16-20-13)5-6-18-3/h4,7,9H,5-6H2,1-3H3,(H,14,17)/t9-/m1/s1. The molecule has 2 rings (SSSR count). The van der Waals surface area contributed by atoms with Crippen LogP contribution in [0.5, 0.6) is 0 Å². The fraction of sp³-hybridized carbons (Fsp3) is 0.462. The van der Waals surface area contributed by atoms with E-state index in [1.807, 2.05) is 0 Å². The summed E-state index contributed by atoms with van der Waals surface area (Å²) in [6.45, 7) is 4.09. The average molecular weight is 279 g/mol. The monoisotopic (exact) mass is 279 g/mol. The zero-order valence-electron chi connectivity index (χ0n) is 11.7. The summed E-state index contributed by atoms with van der Waals surface area (Å²) in [5, 5.41) is 6.57. The van der Waals surface area contributed by atoms with Crippen molar-refractivity contribution in [1.29, 1.82) is 0 Å². The molecule has 0 spiro atoms. The van der Waals surface area contributed by atoms with Gasteiger partial charge in [0.1, 0.15) is 6.04 Å². The van der Waals surface area contributed by atoms with Crippen molar-refractivity contribution in [2.24, 2.45) is 0 Å². The van der Waals surface area contributed by atoms with Gasteiger partial charge in [-0.1, -0.05) is 5.16 Å². The Labute approximate surface area is 116 Å². The van der Waals surface area contributed by atoms with E-state index < -0.39 is 6.04 Å². The first-order chi connectivity index (χ1) is 9.61. The first-order valence-corrected chi connectivity index (χ1v) is 6.28. The number of furan rings is 1. The summed E-state index contributed by atoms with van der Waals surface area (Å²) in [5.74, 6) is 0.887. The van der Waals surface area contributed by atoms with Crippen molar-refractivity contribution in [3.05, 3.63) is 35.4 Å². The van der Waals surface area contributed by atoms with E-state index in [1.54, 1.807) is 27.0 Å². The molecule has 7 nitrogen and oxygen atoms in total. The third-order valence-corrected chi connectivity index (χ3v) is 2.80. The van der Waals surface area contributed by atoms with Gasteiger partial charge in [0, 0.05) is 19.1 Å². The number of nitrogens with one attached hydrogen (secondary N) is 1. The maximum Gasteiger partial charge on any atom is 0.287 e. The largest absolute Gasteiger partial charge is 0.459 e. The van der Waals surface area contributed by atoms with E-state index in [1.165, 1.54) is 6.26 Å². The summed E-state index contributed by atoms with van der Waals surface area (Å²) >= 11 is 0. The Morgan fingerprint density at radius 1 is 1.55 bits per heavy atom. The molecule has 20 heavy (non-hydrogen) atoms. The van der Waals surface area contributed by atoms with E-state index in [2.05, 4.69) is 15.5 Å². The Kier molecular flexibility index (Phi) is 4.52. The molecule has 0 bridgehead atoms. The highest BCUT2D eigenvalue weighted by Crippen LogP contribution is 2.13. The quantitative estimate of drug-likeness (QED) is 0.864. The summed E-state index contributed by atoms with van der Waals surface area (Å²) in [5.41, 5.74) is 0.779. The molecule has 0 aromatic carbocycles. The van der Waals surface area contributed by atoms with Crippen molar-refractivity contribution >= 4 is 5.91 Å². The van der Waals surface area contributed by atoms with E-state index in [0.717, 1.165) is 5.56 Å². The number of carbonyl (C=O) groups is 1. The Morgan fingerprint density at radius 3 is 3.00 bits per heavy atom. The molecule has 1 N–H and O–H groups in total. The second-order valence-corrected chi connectivity index (χ2v) is 4.42. The van der Waals surface area contributed by atoms with Crippen LogP contribution in [-0.2, 0) is 11.2 Å². The Balaban J connectivity index is 1.97. The van der Waals surface area contributed by atoms with Crippen molar-refractivity contribution in [2.45, 2.75) is 26.3 Å². The van der Waals surface area contributed by atoms with E-state index in [0.29, 0.717) is 24.7 Å². The highest BCUT2D eigenvalue weighted by atomic mass is 16.5. The number of hydrogen-bond donors (Lipinski definition) is 1. The first-order valence-electron chi connectivity index (χ1n) is 6.28. The van der Waals surface area contributed by atoms with Gasteiger partial charge < -0.3 is 19.0 Å². The topological polar surface area (TPSA) is 90.4 Å². The van der Waals surface area contributed by atoms with E-state index in [4.69, 9.17) is 13.7 Å². The van der Waals surface area contributed by atoms with E-state index in [-0.39, 0.29) is 11.7 Å². The van der Waals surface area contributed by atoms with Gasteiger partial charge in [0.25, 0.3) is 5.91 Å². The average Bonchev–Trinajstić information content (AvgIpc) is 3.04. The van der Waals surface area contributed by atoms with Gasteiger partial charge in [0.2, 0.25) is 5.89 Å². The van der Waals surface area contributed by atoms with Crippen LogP contribution in [0.25, 0.3) is 0 Å². The van der Waals surface area contributed by atoms with Crippen LogP contribution in [0.1, 0.15) is 40.8 Å². The van der Waals surface area contributed by atoms with E-state index >= 15 is 0 Å². The summed E-state index contributed by atoms with van der Waals surface area (Å²) in [4.78, 5) is 16.2. The predicted molar refractivity (Wildman–Crippen MR) is 69.2 cm³/mol. The summed E-state index contributed by atoms with van der Waals surface area (Å²) in [6.07, 6.45) is 2.04. The third-order valence-electron chi connectivity index (χ3n) is 2.80. The van der Waals surface area contributed by atoms with Gasteiger partial charge in [-0.2, -0.15) is 4.98 Å². The highest BCUT2D eigenvalue weighted by Gasteiger charge is 2.20. The third kappa shape index (κ3) is 3.24. The number of amides is 1. The Hall–Kier alpha value is -2.15. The number of nitrogens with zero attached hydrogens (tertiary/aromatic N) is 2. The minimum atomic E-state index is -0.393. The molecule has 2 aromatic rings. The molecular formula is C13H17N3O4. The van der Waals surface area contributed by atoms with Gasteiger partial charge >= 0.3 is 0 Å². The second kappa shape index (κ2) is 6.33. The van der Waals surface area contributed by atoms with Gasteiger partial charge in [-0.05, 0) is 19.9 Å². The number of rotatable bonds is 6. The van der Waals surface area contributed by atoms with E-state index in [9.17, 15) is 4.79 Å². The molecule has 1 atom stereocenters. The predicted octanol–water partition coefficient (Wildman–Crippen LogP) is 1.65. The Bertz CT molecular complexity index is 576. The van der Waals surface area contributed by atoms with Crippen LogP contribution >= 0.6 is 0 Å². The van der Waals surface area contributed by atoms with Gasteiger partial charge in [-0.15, -0.1) is 0 Å². The summed E-state index contributed by atoms with van der Waals surface area (Å²) in [7, 11) is 1.61. The number of carbonyl (C=O) groups excluding carboxylic acids is 1. The van der Waals surface area contributed by atoms with Crippen LogP contribution in [0.3, 0.4) is 0 Å². The molecule has 0 radical (unpaired) electrons. The fourth-order valence-electron chi connectivity index (χ4n) is 1.67. The number of ether oxygens (including phenoxy) is 1. The summed E-state index contributed by atoms with van der Waals surface area (Å²) in [6, 6.07) is 1.34. The number of aryl methyl sites for hydroxylation is 1. The molecule has 0 saturated heterocycles. The van der Waals surface area contributed by atoms with Crippen molar-refractivity contribution in [3.8, 4) is 0 Å². The van der Waals surface area contributed by atoms with Crippen LogP contribution < -0.4 is 5.32 Å². The Morgan fingerprint density at radius 2 is 2.35 bits per heavy atom. The van der Waals surface area contributed by atoms with Gasteiger partial charge in [0.15, 0.2) is 11.6 Å². The van der Waals surface area contributed by atoms with Gasteiger partial charge in [-0.3, -0.25) is 4.79 Å². The normalized spacial score (nSPS) is 12.3. The lowest BCUT2D eigenvalue weighted by Crippen LogP contribution is -2.27.